The van der Waals surface area contributed by atoms with Crippen LogP contribution in [0, 0.1) is 0 Å². The van der Waals surface area contributed by atoms with Crippen LogP contribution in [0.1, 0.15) is 36.7 Å². The van der Waals surface area contributed by atoms with Gasteiger partial charge in [0.2, 0.25) is 5.76 Å². The molecule has 0 spiro atoms. The number of carbonyl (C=O) groups excluding carboxylic acids is 2. The molecule has 0 aliphatic carbocycles. The lowest BCUT2D eigenvalue weighted by Crippen LogP contribution is -2.30. The molecular weight excluding hydrogens is 368 g/mol. The van der Waals surface area contributed by atoms with E-state index in [9.17, 15) is 9.59 Å². The maximum Gasteiger partial charge on any atom is 0.375 e. The highest BCUT2D eigenvalue weighted by atomic mass is 16.6. The molecule has 6 heteroatoms. The van der Waals surface area contributed by atoms with E-state index in [-0.39, 0.29) is 11.7 Å². The zero-order chi connectivity index (χ0) is 20.2. The summed E-state index contributed by atoms with van der Waals surface area (Å²) in [5.41, 5.74) is 2.43. The topological polar surface area (TPSA) is 71.8 Å². The first-order chi connectivity index (χ1) is 14.1. The van der Waals surface area contributed by atoms with Gasteiger partial charge < -0.3 is 19.4 Å². The number of benzene rings is 2. The van der Waals surface area contributed by atoms with Gasteiger partial charge in [-0.25, -0.2) is 4.79 Å². The number of carbonyl (C=O) groups is 2. The second kappa shape index (κ2) is 8.39. The number of ether oxygens (including phenoxy) is 1. The molecule has 1 N–H and O–H groups in total. The summed E-state index contributed by atoms with van der Waals surface area (Å²) in [5.74, 6) is -0.971. The van der Waals surface area contributed by atoms with Gasteiger partial charge >= 0.3 is 5.97 Å². The highest BCUT2D eigenvalue weighted by molar-refractivity contribution is 5.98. The third-order valence-corrected chi connectivity index (χ3v) is 5.14. The fraction of sp³-hybridized carbons (Fsp3) is 0.304. The van der Waals surface area contributed by atoms with Gasteiger partial charge in [-0.3, -0.25) is 4.79 Å². The Morgan fingerprint density at radius 3 is 2.48 bits per heavy atom. The van der Waals surface area contributed by atoms with Gasteiger partial charge in [0.25, 0.3) is 5.91 Å². The Labute approximate surface area is 169 Å². The molecule has 1 fully saturated rings. The van der Waals surface area contributed by atoms with Crippen molar-refractivity contribution in [1.29, 1.82) is 0 Å². The van der Waals surface area contributed by atoms with E-state index in [2.05, 4.69) is 10.2 Å². The molecule has 1 aromatic heterocycles. The number of hydrogen-bond acceptors (Lipinski definition) is 5. The van der Waals surface area contributed by atoms with Crippen LogP contribution in [-0.4, -0.2) is 31.1 Å². The molecule has 0 unspecified atom stereocenters. The zero-order valence-corrected chi connectivity index (χ0v) is 16.4. The van der Waals surface area contributed by atoms with Gasteiger partial charge in [0.15, 0.2) is 6.10 Å². The van der Waals surface area contributed by atoms with Gasteiger partial charge in [0.05, 0.1) is 0 Å². The maximum absolute atomic E-state index is 12.4. The van der Waals surface area contributed by atoms with E-state index in [1.54, 1.807) is 12.1 Å². The standard InChI is InChI=1S/C23H24N2O4/c1-16(28-23(27)21-15-17-7-3-4-8-20(17)29-21)22(26)24-18-9-11-19(12-10-18)25-13-5-2-6-14-25/h3-4,7-12,15-16H,2,5-6,13-14H2,1H3,(H,24,26)/t16-/m0/s1. The van der Waals surface area contributed by atoms with Crippen molar-refractivity contribution in [1.82, 2.24) is 0 Å². The highest BCUT2D eigenvalue weighted by Gasteiger charge is 2.22. The predicted molar refractivity (Wildman–Crippen MR) is 112 cm³/mol. The summed E-state index contributed by atoms with van der Waals surface area (Å²) >= 11 is 0. The Hall–Kier alpha value is -3.28. The van der Waals surface area contributed by atoms with Crippen LogP contribution in [0.3, 0.4) is 0 Å². The number of nitrogens with zero attached hydrogens (tertiary/aromatic N) is 1. The van der Waals surface area contributed by atoms with Crippen molar-refractivity contribution in [2.75, 3.05) is 23.3 Å². The first-order valence-electron chi connectivity index (χ1n) is 9.95. The Kier molecular flexibility index (Phi) is 5.51. The van der Waals surface area contributed by atoms with Crippen molar-refractivity contribution in [2.45, 2.75) is 32.3 Å². The van der Waals surface area contributed by atoms with E-state index < -0.39 is 12.1 Å². The molecule has 2 heterocycles. The van der Waals surface area contributed by atoms with Crippen LogP contribution >= 0.6 is 0 Å². The molecule has 0 bridgehead atoms. The number of piperidine rings is 1. The van der Waals surface area contributed by atoms with E-state index in [0.29, 0.717) is 11.3 Å². The van der Waals surface area contributed by atoms with Crippen molar-refractivity contribution < 1.29 is 18.7 Å². The van der Waals surface area contributed by atoms with Crippen molar-refractivity contribution >= 4 is 34.2 Å². The van der Waals surface area contributed by atoms with Crippen LogP contribution in [0.4, 0.5) is 11.4 Å². The first kappa shape index (κ1) is 19.1. The van der Waals surface area contributed by atoms with Gasteiger partial charge in [0.1, 0.15) is 5.58 Å². The second-order valence-corrected chi connectivity index (χ2v) is 7.28. The molecule has 3 aromatic rings. The molecule has 0 radical (unpaired) electrons. The van der Waals surface area contributed by atoms with Crippen LogP contribution in [0.5, 0.6) is 0 Å². The summed E-state index contributed by atoms with van der Waals surface area (Å²) in [5, 5.41) is 3.60. The molecule has 2 aromatic carbocycles. The lowest BCUT2D eigenvalue weighted by atomic mass is 10.1. The minimum atomic E-state index is -0.947. The molecule has 1 aliphatic heterocycles. The number of amides is 1. The van der Waals surface area contributed by atoms with Gasteiger partial charge in [-0.1, -0.05) is 18.2 Å². The molecule has 0 saturated carbocycles. The fourth-order valence-corrected chi connectivity index (χ4v) is 3.51. The summed E-state index contributed by atoms with van der Waals surface area (Å²) in [6.07, 6.45) is 2.77. The number of nitrogens with one attached hydrogen (secondary N) is 1. The number of fused-ring (bicyclic) bond motifs is 1. The molecule has 1 amide bonds. The van der Waals surface area contributed by atoms with Crippen LogP contribution in [-0.2, 0) is 9.53 Å². The average Bonchev–Trinajstić information content (AvgIpc) is 3.19. The van der Waals surface area contributed by atoms with Crippen molar-refractivity contribution in [3.05, 3.63) is 60.4 Å². The summed E-state index contributed by atoms with van der Waals surface area (Å²) in [6, 6.07) is 16.7. The van der Waals surface area contributed by atoms with Crippen molar-refractivity contribution in [2.24, 2.45) is 0 Å². The summed E-state index contributed by atoms with van der Waals surface area (Å²) in [4.78, 5) is 27.1. The number of esters is 1. The number of para-hydroxylation sites is 1. The SMILES string of the molecule is C[C@H](OC(=O)c1cc2ccccc2o1)C(=O)Nc1ccc(N2CCCCC2)cc1. The van der Waals surface area contributed by atoms with E-state index in [1.807, 2.05) is 42.5 Å². The van der Waals surface area contributed by atoms with Crippen molar-refractivity contribution in [3.63, 3.8) is 0 Å². The fourth-order valence-electron chi connectivity index (χ4n) is 3.51. The van der Waals surface area contributed by atoms with E-state index in [0.717, 1.165) is 24.2 Å². The van der Waals surface area contributed by atoms with Gasteiger partial charge in [-0.15, -0.1) is 0 Å². The van der Waals surface area contributed by atoms with Crippen molar-refractivity contribution in [3.8, 4) is 0 Å². The minimum Gasteiger partial charge on any atom is -0.449 e. The number of anilines is 2. The minimum absolute atomic E-state index is 0.0803. The zero-order valence-electron chi connectivity index (χ0n) is 16.4. The molecule has 29 heavy (non-hydrogen) atoms. The number of hydrogen-bond donors (Lipinski definition) is 1. The van der Waals surface area contributed by atoms with E-state index in [4.69, 9.17) is 9.15 Å². The third kappa shape index (κ3) is 4.42. The summed E-state index contributed by atoms with van der Waals surface area (Å²) in [6.45, 7) is 3.68. The molecule has 1 saturated heterocycles. The van der Waals surface area contributed by atoms with Crippen LogP contribution in [0.15, 0.2) is 59.0 Å². The second-order valence-electron chi connectivity index (χ2n) is 7.28. The average molecular weight is 392 g/mol. The molecule has 150 valence electrons. The first-order valence-corrected chi connectivity index (χ1v) is 9.95. The molecule has 1 aliphatic rings. The number of rotatable bonds is 5. The molecule has 6 nitrogen and oxygen atoms in total. The number of furan rings is 1. The summed E-state index contributed by atoms with van der Waals surface area (Å²) in [7, 11) is 0. The Morgan fingerprint density at radius 1 is 1.03 bits per heavy atom. The largest absolute Gasteiger partial charge is 0.449 e. The van der Waals surface area contributed by atoms with Gasteiger partial charge in [-0.05, 0) is 62.6 Å². The quantitative estimate of drug-likeness (QED) is 0.642. The monoisotopic (exact) mass is 392 g/mol. The lowest BCUT2D eigenvalue weighted by molar-refractivity contribution is -0.123. The van der Waals surface area contributed by atoms with E-state index in [1.165, 1.54) is 26.2 Å². The van der Waals surface area contributed by atoms with Crippen LogP contribution < -0.4 is 10.2 Å². The van der Waals surface area contributed by atoms with Gasteiger partial charge in [0, 0.05) is 29.9 Å². The summed E-state index contributed by atoms with van der Waals surface area (Å²) < 4.78 is 10.8. The molecule has 4 rings (SSSR count). The normalized spacial score (nSPS) is 15.1. The Balaban J connectivity index is 1.34. The predicted octanol–water partition coefficient (Wildman–Crippen LogP) is 4.61. The van der Waals surface area contributed by atoms with Crippen LogP contribution in [0.25, 0.3) is 11.0 Å². The molecular formula is C23H24N2O4. The highest BCUT2D eigenvalue weighted by Crippen LogP contribution is 2.22. The third-order valence-electron chi connectivity index (χ3n) is 5.14. The smallest absolute Gasteiger partial charge is 0.375 e. The van der Waals surface area contributed by atoms with Crippen LogP contribution in [0.2, 0.25) is 0 Å². The maximum atomic E-state index is 12.4. The Bertz CT molecular complexity index is 970. The lowest BCUT2D eigenvalue weighted by Gasteiger charge is -2.28. The molecule has 1 atom stereocenters. The Morgan fingerprint density at radius 2 is 1.76 bits per heavy atom. The van der Waals surface area contributed by atoms with E-state index >= 15 is 0 Å². The van der Waals surface area contributed by atoms with Gasteiger partial charge in [-0.2, -0.15) is 0 Å².